The van der Waals surface area contributed by atoms with Crippen molar-refractivity contribution in [3.63, 3.8) is 0 Å². The second-order valence-electron chi connectivity index (χ2n) is 6.71. The number of carbonyl (C=O) groups excluding carboxylic acids is 1. The summed E-state index contributed by atoms with van der Waals surface area (Å²) < 4.78 is 53.9. The number of hydrogen-bond acceptors (Lipinski definition) is 6. The highest BCUT2D eigenvalue weighted by molar-refractivity contribution is 7.89. The van der Waals surface area contributed by atoms with Gasteiger partial charge in [0.25, 0.3) is 0 Å². The molecule has 0 spiro atoms. The number of carbonyl (C=O) groups is 1. The minimum Gasteiger partial charge on any atom is -0.339 e. The maximum absolute atomic E-state index is 12.7. The third-order valence-electron chi connectivity index (χ3n) is 4.65. The monoisotopic (exact) mass is 472 g/mol. The highest BCUT2D eigenvalue weighted by Gasteiger charge is 2.32. The summed E-state index contributed by atoms with van der Waals surface area (Å²) >= 11 is 5.78. The van der Waals surface area contributed by atoms with Gasteiger partial charge in [0.05, 0.1) is 10.9 Å². The van der Waals surface area contributed by atoms with E-state index in [-0.39, 0.29) is 36.0 Å². The Balaban J connectivity index is 1.61. The highest BCUT2D eigenvalue weighted by Crippen LogP contribution is 2.18. The molecule has 1 N–H and O–H groups in total. The lowest BCUT2D eigenvalue weighted by atomic mass is 10.2. The largest absolute Gasteiger partial charge is 0.339 e. The molecular formula is C18H21ClN4O5S2. The summed E-state index contributed by atoms with van der Waals surface area (Å²) in [5.41, 5.74) is 0. The summed E-state index contributed by atoms with van der Waals surface area (Å²) in [5.74, 6) is -0.425. The van der Waals surface area contributed by atoms with Gasteiger partial charge >= 0.3 is 0 Å². The van der Waals surface area contributed by atoms with Crippen molar-refractivity contribution in [2.45, 2.75) is 22.8 Å². The fraction of sp³-hybridized carbons (Fsp3) is 0.333. The van der Waals surface area contributed by atoms with E-state index in [0.717, 1.165) is 0 Å². The van der Waals surface area contributed by atoms with Crippen molar-refractivity contribution in [2.75, 3.05) is 26.2 Å². The van der Waals surface area contributed by atoms with Crippen LogP contribution in [0.1, 0.15) is 6.92 Å². The van der Waals surface area contributed by atoms with Crippen LogP contribution in [-0.4, -0.2) is 69.2 Å². The van der Waals surface area contributed by atoms with Crippen molar-refractivity contribution < 1.29 is 21.6 Å². The first-order chi connectivity index (χ1) is 14.1. The summed E-state index contributed by atoms with van der Waals surface area (Å²) in [5, 5.41) is 0.400. The first kappa shape index (κ1) is 22.6. The van der Waals surface area contributed by atoms with Gasteiger partial charge in [-0.25, -0.2) is 16.8 Å². The zero-order chi connectivity index (χ0) is 21.9. The van der Waals surface area contributed by atoms with Crippen LogP contribution in [0.2, 0.25) is 5.02 Å². The second kappa shape index (κ2) is 8.98. The Morgan fingerprint density at radius 2 is 1.67 bits per heavy atom. The number of sulfonamides is 2. The Morgan fingerprint density at radius 1 is 1.03 bits per heavy atom. The summed E-state index contributed by atoms with van der Waals surface area (Å²) in [6, 6.07) is 7.60. The minimum atomic E-state index is -3.90. The van der Waals surface area contributed by atoms with Gasteiger partial charge in [-0.15, -0.1) is 0 Å². The number of benzene rings is 1. The maximum Gasteiger partial charge on any atom is 0.244 e. The molecule has 1 amide bonds. The summed E-state index contributed by atoms with van der Waals surface area (Å²) in [6.45, 7) is 1.99. The normalized spacial score (nSPS) is 16.9. The second-order valence-corrected chi connectivity index (χ2v) is 10.8. The molecule has 1 aromatic heterocycles. The van der Waals surface area contributed by atoms with Crippen molar-refractivity contribution in [3.8, 4) is 0 Å². The van der Waals surface area contributed by atoms with Crippen molar-refractivity contribution in [3.05, 3.63) is 53.8 Å². The molecule has 1 fully saturated rings. The van der Waals surface area contributed by atoms with Gasteiger partial charge in [0.15, 0.2) is 0 Å². The Kier molecular flexibility index (Phi) is 6.78. The molecule has 0 unspecified atom stereocenters. The van der Waals surface area contributed by atoms with Crippen LogP contribution in [0, 0.1) is 0 Å². The van der Waals surface area contributed by atoms with Crippen LogP contribution in [0.4, 0.5) is 0 Å². The molecule has 162 valence electrons. The lowest BCUT2D eigenvalue weighted by Crippen LogP contribution is -2.55. The molecule has 1 aliphatic rings. The SMILES string of the molecule is C[C@H](NS(=O)(=O)c1ccc(Cl)cc1)C(=O)N1CCN(S(=O)(=O)c2cccnc2)CC1. The standard InChI is InChI=1S/C18H21ClN4O5S2/c1-14(21-29(25,26)16-6-4-15(19)5-7-16)18(24)22-9-11-23(12-10-22)30(27,28)17-3-2-8-20-13-17/h2-8,13-14,21H,9-12H2,1H3/t14-/m0/s1. The Bertz CT molecular complexity index is 1100. The summed E-state index contributed by atoms with van der Waals surface area (Å²) in [4.78, 5) is 18.1. The van der Waals surface area contributed by atoms with E-state index in [9.17, 15) is 21.6 Å². The molecule has 3 rings (SSSR count). The van der Waals surface area contributed by atoms with Gasteiger partial charge < -0.3 is 4.90 Å². The third kappa shape index (κ3) is 4.98. The van der Waals surface area contributed by atoms with Crippen LogP contribution in [0.25, 0.3) is 0 Å². The van der Waals surface area contributed by atoms with E-state index >= 15 is 0 Å². The average Bonchev–Trinajstić information content (AvgIpc) is 2.74. The van der Waals surface area contributed by atoms with Gasteiger partial charge in [0.2, 0.25) is 26.0 Å². The number of rotatable bonds is 6. The van der Waals surface area contributed by atoms with E-state index in [1.807, 2.05) is 0 Å². The fourth-order valence-corrected chi connectivity index (χ4v) is 5.75. The van der Waals surface area contributed by atoms with Gasteiger partial charge in [-0.05, 0) is 43.3 Å². The van der Waals surface area contributed by atoms with Crippen molar-refractivity contribution in [2.24, 2.45) is 0 Å². The number of nitrogens with one attached hydrogen (secondary N) is 1. The molecule has 0 aliphatic carbocycles. The Labute approximate surface area is 180 Å². The molecule has 1 aromatic carbocycles. The molecule has 1 atom stereocenters. The molecule has 1 aliphatic heterocycles. The lowest BCUT2D eigenvalue weighted by molar-refractivity contribution is -0.133. The predicted molar refractivity (Wildman–Crippen MR) is 111 cm³/mol. The summed E-state index contributed by atoms with van der Waals surface area (Å²) in [6.07, 6.45) is 2.77. The highest BCUT2D eigenvalue weighted by atomic mass is 35.5. The Hall–Kier alpha value is -2.05. The average molecular weight is 473 g/mol. The van der Waals surface area contributed by atoms with Crippen LogP contribution >= 0.6 is 11.6 Å². The van der Waals surface area contributed by atoms with E-state index in [1.54, 1.807) is 6.07 Å². The van der Waals surface area contributed by atoms with Gasteiger partial charge in [0.1, 0.15) is 4.90 Å². The van der Waals surface area contributed by atoms with Crippen LogP contribution in [0.15, 0.2) is 58.6 Å². The van der Waals surface area contributed by atoms with E-state index < -0.39 is 32.0 Å². The van der Waals surface area contributed by atoms with Crippen molar-refractivity contribution in [1.29, 1.82) is 0 Å². The van der Waals surface area contributed by atoms with Crippen LogP contribution in [-0.2, 0) is 24.8 Å². The molecule has 0 bridgehead atoms. The van der Waals surface area contributed by atoms with E-state index in [0.29, 0.717) is 5.02 Å². The first-order valence-electron chi connectivity index (χ1n) is 9.08. The van der Waals surface area contributed by atoms with Crippen molar-refractivity contribution in [1.82, 2.24) is 18.9 Å². The quantitative estimate of drug-likeness (QED) is 0.668. The third-order valence-corrected chi connectivity index (χ3v) is 8.34. The Morgan fingerprint density at radius 3 is 2.23 bits per heavy atom. The predicted octanol–water partition coefficient (Wildman–Crippen LogP) is 0.935. The van der Waals surface area contributed by atoms with Crippen LogP contribution < -0.4 is 4.72 Å². The molecule has 12 heteroatoms. The molecule has 9 nitrogen and oxygen atoms in total. The molecule has 2 aromatic rings. The van der Waals surface area contributed by atoms with Crippen molar-refractivity contribution >= 4 is 37.6 Å². The molecular weight excluding hydrogens is 452 g/mol. The number of nitrogens with zero attached hydrogens (tertiary/aromatic N) is 3. The zero-order valence-electron chi connectivity index (χ0n) is 16.1. The van der Waals surface area contributed by atoms with Gasteiger partial charge in [0, 0.05) is 43.6 Å². The number of piperazine rings is 1. The van der Waals surface area contributed by atoms with Crippen LogP contribution in [0.5, 0.6) is 0 Å². The van der Waals surface area contributed by atoms with Gasteiger partial charge in [-0.2, -0.15) is 9.03 Å². The van der Waals surface area contributed by atoms with E-state index in [4.69, 9.17) is 11.6 Å². The van der Waals surface area contributed by atoms with E-state index in [1.165, 1.54) is 58.9 Å². The zero-order valence-corrected chi connectivity index (χ0v) is 18.5. The first-order valence-corrected chi connectivity index (χ1v) is 12.4. The number of pyridine rings is 1. The molecule has 30 heavy (non-hydrogen) atoms. The minimum absolute atomic E-state index is 0.000988. The van der Waals surface area contributed by atoms with E-state index in [2.05, 4.69) is 9.71 Å². The molecule has 2 heterocycles. The molecule has 1 saturated heterocycles. The molecule has 0 saturated carbocycles. The number of aromatic nitrogens is 1. The van der Waals surface area contributed by atoms with Crippen LogP contribution in [0.3, 0.4) is 0 Å². The fourth-order valence-electron chi connectivity index (χ4n) is 3.04. The van der Waals surface area contributed by atoms with Gasteiger partial charge in [-0.3, -0.25) is 9.78 Å². The number of hydrogen-bond donors (Lipinski definition) is 1. The summed E-state index contributed by atoms with van der Waals surface area (Å²) in [7, 11) is -7.59. The topological polar surface area (TPSA) is 117 Å². The van der Waals surface area contributed by atoms with Gasteiger partial charge in [-0.1, -0.05) is 11.6 Å². The lowest BCUT2D eigenvalue weighted by Gasteiger charge is -2.35. The maximum atomic E-state index is 12.7. The smallest absolute Gasteiger partial charge is 0.244 e. The molecule has 0 radical (unpaired) electrons. The number of amides is 1. The number of halogens is 1.